The van der Waals surface area contributed by atoms with Crippen LogP contribution in [0.1, 0.15) is 11.4 Å². The maximum absolute atomic E-state index is 5.83. The molecular weight excluding hydrogens is 348 g/mol. The molecule has 3 N–H and O–H groups in total. The van der Waals surface area contributed by atoms with Gasteiger partial charge in [0.2, 0.25) is 11.9 Å². The fourth-order valence-corrected chi connectivity index (χ4v) is 3.15. The predicted molar refractivity (Wildman–Crippen MR) is 101 cm³/mol. The number of benzene rings is 1. The Hall–Kier alpha value is -3.20. The van der Waals surface area contributed by atoms with Gasteiger partial charge in [-0.25, -0.2) is 0 Å². The molecule has 0 fully saturated rings. The molecule has 4 aromatic rings. The normalized spacial score (nSPS) is 11.0. The van der Waals surface area contributed by atoms with Gasteiger partial charge in [-0.3, -0.25) is 4.40 Å². The molecule has 26 heavy (non-hydrogen) atoms. The SMILES string of the molecule is Cc1ccc(Nc2nc(N)nc(CSc3nnc4ccccn34)n2)cc1. The van der Waals surface area contributed by atoms with E-state index in [1.165, 1.54) is 17.3 Å². The minimum atomic E-state index is 0.177. The van der Waals surface area contributed by atoms with Crippen LogP contribution in [-0.2, 0) is 5.75 Å². The van der Waals surface area contributed by atoms with E-state index in [1.807, 2.05) is 60.0 Å². The van der Waals surface area contributed by atoms with E-state index in [0.717, 1.165) is 16.5 Å². The van der Waals surface area contributed by atoms with Crippen LogP contribution < -0.4 is 11.1 Å². The largest absolute Gasteiger partial charge is 0.368 e. The number of anilines is 3. The van der Waals surface area contributed by atoms with Gasteiger partial charge in [-0.05, 0) is 31.2 Å². The van der Waals surface area contributed by atoms with E-state index in [2.05, 4.69) is 30.5 Å². The number of nitrogen functional groups attached to an aromatic ring is 1. The Kier molecular flexibility index (Phi) is 4.36. The van der Waals surface area contributed by atoms with Crippen molar-refractivity contribution in [2.45, 2.75) is 17.8 Å². The molecule has 0 aliphatic rings. The van der Waals surface area contributed by atoms with Gasteiger partial charge in [-0.2, -0.15) is 15.0 Å². The first kappa shape index (κ1) is 16.3. The number of hydrogen-bond donors (Lipinski definition) is 2. The van der Waals surface area contributed by atoms with Gasteiger partial charge < -0.3 is 11.1 Å². The average Bonchev–Trinajstić information content (AvgIpc) is 3.05. The van der Waals surface area contributed by atoms with Crippen LogP contribution in [0, 0.1) is 6.92 Å². The van der Waals surface area contributed by atoms with Crippen LogP contribution in [0.2, 0.25) is 0 Å². The highest BCUT2D eigenvalue weighted by Gasteiger charge is 2.09. The maximum atomic E-state index is 5.83. The first-order valence-corrected chi connectivity index (χ1v) is 8.92. The van der Waals surface area contributed by atoms with Gasteiger partial charge in [-0.15, -0.1) is 10.2 Å². The van der Waals surface area contributed by atoms with E-state index in [9.17, 15) is 0 Å². The lowest BCUT2D eigenvalue weighted by Gasteiger charge is -2.07. The second-order valence-corrected chi connectivity index (χ2v) is 6.57. The highest BCUT2D eigenvalue weighted by atomic mass is 32.2. The molecule has 0 radical (unpaired) electrons. The van der Waals surface area contributed by atoms with E-state index < -0.39 is 0 Å². The van der Waals surface area contributed by atoms with E-state index in [1.54, 1.807) is 0 Å². The number of nitrogens with one attached hydrogen (secondary N) is 1. The zero-order valence-corrected chi connectivity index (χ0v) is 14.8. The molecule has 3 aromatic heterocycles. The lowest BCUT2D eigenvalue weighted by Crippen LogP contribution is -2.06. The molecule has 0 aliphatic carbocycles. The van der Waals surface area contributed by atoms with Crippen LogP contribution in [0.15, 0.2) is 53.8 Å². The summed E-state index contributed by atoms with van der Waals surface area (Å²) in [5.41, 5.74) is 8.71. The Morgan fingerprint density at radius 1 is 1.04 bits per heavy atom. The third-order valence-electron chi connectivity index (χ3n) is 3.62. The van der Waals surface area contributed by atoms with Gasteiger partial charge in [0.05, 0.1) is 5.75 Å². The molecule has 4 rings (SSSR count). The van der Waals surface area contributed by atoms with Crippen molar-refractivity contribution in [3.05, 3.63) is 60.0 Å². The van der Waals surface area contributed by atoms with E-state index in [4.69, 9.17) is 5.73 Å². The van der Waals surface area contributed by atoms with Crippen molar-refractivity contribution < 1.29 is 0 Å². The third kappa shape index (κ3) is 3.57. The molecule has 0 saturated heterocycles. The van der Waals surface area contributed by atoms with Gasteiger partial charge in [0.25, 0.3) is 0 Å². The molecule has 9 heteroatoms. The lowest BCUT2D eigenvalue weighted by molar-refractivity contribution is 0.914. The van der Waals surface area contributed by atoms with E-state index >= 15 is 0 Å². The molecule has 130 valence electrons. The molecule has 0 spiro atoms. The van der Waals surface area contributed by atoms with Gasteiger partial charge in [0, 0.05) is 11.9 Å². The molecule has 0 aliphatic heterocycles. The third-order valence-corrected chi connectivity index (χ3v) is 4.56. The Balaban J connectivity index is 1.51. The van der Waals surface area contributed by atoms with Crippen LogP contribution in [0.3, 0.4) is 0 Å². The van der Waals surface area contributed by atoms with Crippen molar-refractivity contribution >= 4 is 35.0 Å². The summed E-state index contributed by atoms with van der Waals surface area (Å²) < 4.78 is 1.92. The number of rotatable bonds is 5. The van der Waals surface area contributed by atoms with Crippen molar-refractivity contribution in [3.63, 3.8) is 0 Å². The molecule has 3 heterocycles. The molecule has 0 bridgehead atoms. The summed E-state index contributed by atoms with van der Waals surface area (Å²) in [6, 6.07) is 13.7. The van der Waals surface area contributed by atoms with Crippen molar-refractivity contribution in [2.24, 2.45) is 0 Å². The van der Waals surface area contributed by atoms with Crippen LogP contribution >= 0.6 is 11.8 Å². The number of thioether (sulfide) groups is 1. The van der Waals surface area contributed by atoms with Crippen molar-refractivity contribution in [1.29, 1.82) is 0 Å². The van der Waals surface area contributed by atoms with Crippen LogP contribution in [0.4, 0.5) is 17.6 Å². The van der Waals surface area contributed by atoms with Gasteiger partial charge in [0.15, 0.2) is 10.8 Å². The van der Waals surface area contributed by atoms with Gasteiger partial charge in [0.1, 0.15) is 5.82 Å². The topological polar surface area (TPSA) is 107 Å². The summed E-state index contributed by atoms with van der Waals surface area (Å²) in [6.45, 7) is 2.04. The highest BCUT2D eigenvalue weighted by Crippen LogP contribution is 2.21. The molecule has 0 amide bonds. The van der Waals surface area contributed by atoms with Crippen LogP contribution in [0.5, 0.6) is 0 Å². The Labute approximate surface area is 153 Å². The molecule has 1 aromatic carbocycles. The summed E-state index contributed by atoms with van der Waals surface area (Å²) >= 11 is 1.49. The van der Waals surface area contributed by atoms with Gasteiger partial charge in [-0.1, -0.05) is 35.5 Å². The summed E-state index contributed by atoms with van der Waals surface area (Å²) in [7, 11) is 0. The first-order chi connectivity index (χ1) is 12.7. The van der Waals surface area contributed by atoms with E-state index in [0.29, 0.717) is 17.5 Å². The smallest absolute Gasteiger partial charge is 0.232 e. The van der Waals surface area contributed by atoms with Crippen LogP contribution in [0.25, 0.3) is 5.65 Å². The molecule has 0 atom stereocenters. The number of hydrogen-bond acceptors (Lipinski definition) is 8. The minimum Gasteiger partial charge on any atom is -0.368 e. The maximum Gasteiger partial charge on any atom is 0.232 e. The molecular formula is C17H16N8S. The fraction of sp³-hybridized carbons (Fsp3) is 0.118. The van der Waals surface area contributed by atoms with Gasteiger partial charge >= 0.3 is 0 Å². The second kappa shape index (κ2) is 6.96. The number of aryl methyl sites for hydroxylation is 1. The molecule has 8 nitrogen and oxygen atoms in total. The van der Waals surface area contributed by atoms with Crippen LogP contribution in [-0.4, -0.2) is 29.5 Å². The number of nitrogens with zero attached hydrogens (tertiary/aromatic N) is 6. The number of fused-ring (bicyclic) bond motifs is 1. The molecule has 0 saturated carbocycles. The minimum absolute atomic E-state index is 0.177. The summed E-state index contributed by atoms with van der Waals surface area (Å²) in [6.07, 6.45) is 1.92. The summed E-state index contributed by atoms with van der Waals surface area (Å²) in [4.78, 5) is 12.8. The number of pyridine rings is 1. The standard InChI is InChI=1S/C17H16N8S/c1-11-5-7-12(8-6-11)19-16-21-13(20-15(18)22-16)10-26-17-24-23-14-4-2-3-9-25(14)17/h2-9H,10H2,1H3,(H3,18,19,20,21,22). The van der Waals surface area contributed by atoms with Crippen molar-refractivity contribution in [1.82, 2.24) is 29.5 Å². The fourth-order valence-electron chi connectivity index (χ4n) is 2.37. The summed E-state index contributed by atoms with van der Waals surface area (Å²) in [5.74, 6) is 1.68. The average molecular weight is 364 g/mol. The van der Waals surface area contributed by atoms with Crippen molar-refractivity contribution in [2.75, 3.05) is 11.1 Å². The Morgan fingerprint density at radius 2 is 1.88 bits per heavy atom. The monoisotopic (exact) mass is 364 g/mol. The lowest BCUT2D eigenvalue weighted by atomic mass is 10.2. The Morgan fingerprint density at radius 3 is 2.73 bits per heavy atom. The van der Waals surface area contributed by atoms with Crippen molar-refractivity contribution in [3.8, 4) is 0 Å². The quantitative estimate of drug-likeness (QED) is 0.521. The number of aromatic nitrogens is 6. The second-order valence-electron chi connectivity index (χ2n) is 5.62. The molecule has 0 unspecified atom stereocenters. The first-order valence-electron chi connectivity index (χ1n) is 7.94. The zero-order chi connectivity index (χ0) is 17.9. The predicted octanol–water partition coefficient (Wildman–Crippen LogP) is 2.84. The highest BCUT2D eigenvalue weighted by molar-refractivity contribution is 7.98. The summed E-state index contributed by atoms with van der Waals surface area (Å²) in [5, 5.41) is 12.2. The Bertz CT molecular complexity index is 1040. The number of nitrogens with two attached hydrogens (primary N) is 1. The zero-order valence-electron chi connectivity index (χ0n) is 14.0. The van der Waals surface area contributed by atoms with E-state index in [-0.39, 0.29) is 5.95 Å².